The van der Waals surface area contributed by atoms with Crippen LogP contribution in [-0.2, 0) is 6.42 Å². The van der Waals surface area contributed by atoms with Crippen LogP contribution in [0.4, 0.5) is 11.6 Å². The van der Waals surface area contributed by atoms with E-state index in [0.29, 0.717) is 0 Å². The standard InChI is InChI=1S/C23H31N5O/c1-3-19-7-9-20(10-8-19)23(29)28-15-13-27(14-16-28)22-17-21(24-18(2)25-22)26-11-5-4-6-12-26/h7-10,17H,3-6,11-16H2,1-2H3. The van der Waals surface area contributed by atoms with Gasteiger partial charge in [0.15, 0.2) is 0 Å². The van der Waals surface area contributed by atoms with Gasteiger partial charge in [0.05, 0.1) is 0 Å². The summed E-state index contributed by atoms with van der Waals surface area (Å²) in [5, 5.41) is 0. The molecule has 6 nitrogen and oxygen atoms in total. The van der Waals surface area contributed by atoms with Crippen LogP contribution in [0.15, 0.2) is 30.3 Å². The molecule has 2 aromatic rings. The minimum atomic E-state index is 0.125. The first-order valence-corrected chi connectivity index (χ1v) is 10.9. The number of piperazine rings is 1. The summed E-state index contributed by atoms with van der Waals surface area (Å²) < 4.78 is 0. The van der Waals surface area contributed by atoms with Gasteiger partial charge < -0.3 is 14.7 Å². The van der Waals surface area contributed by atoms with E-state index in [0.717, 1.165) is 68.7 Å². The lowest BCUT2D eigenvalue weighted by Crippen LogP contribution is -2.49. The van der Waals surface area contributed by atoms with Crippen LogP contribution in [0, 0.1) is 6.92 Å². The molecule has 1 aromatic carbocycles. The van der Waals surface area contributed by atoms with Crippen molar-refractivity contribution >= 4 is 17.5 Å². The summed E-state index contributed by atoms with van der Waals surface area (Å²) in [6.45, 7) is 9.29. The van der Waals surface area contributed by atoms with E-state index in [1.165, 1.54) is 24.8 Å². The monoisotopic (exact) mass is 393 g/mol. The van der Waals surface area contributed by atoms with Gasteiger partial charge in [-0.05, 0) is 50.3 Å². The number of nitrogens with zero attached hydrogens (tertiary/aromatic N) is 5. The molecule has 0 radical (unpaired) electrons. The van der Waals surface area contributed by atoms with E-state index in [1.807, 2.05) is 24.0 Å². The zero-order chi connectivity index (χ0) is 20.2. The summed E-state index contributed by atoms with van der Waals surface area (Å²) in [6.07, 6.45) is 4.77. The molecule has 1 amide bonds. The molecule has 0 spiro atoms. The summed E-state index contributed by atoms with van der Waals surface area (Å²) in [7, 11) is 0. The summed E-state index contributed by atoms with van der Waals surface area (Å²) in [4.78, 5) is 28.8. The van der Waals surface area contributed by atoms with Crippen molar-refractivity contribution in [3.63, 3.8) is 0 Å². The van der Waals surface area contributed by atoms with Gasteiger partial charge in [-0.25, -0.2) is 9.97 Å². The number of aryl methyl sites for hydroxylation is 2. The number of carbonyl (C=O) groups excluding carboxylic acids is 1. The van der Waals surface area contributed by atoms with Crippen molar-refractivity contribution in [2.45, 2.75) is 39.5 Å². The Balaban J connectivity index is 1.41. The Bertz CT molecular complexity index is 837. The van der Waals surface area contributed by atoms with Crippen molar-refractivity contribution < 1.29 is 4.79 Å². The molecular formula is C23H31N5O. The van der Waals surface area contributed by atoms with Crippen LogP contribution in [0.25, 0.3) is 0 Å². The Hall–Kier alpha value is -2.63. The molecule has 4 rings (SSSR count). The van der Waals surface area contributed by atoms with Gasteiger partial charge in [-0.2, -0.15) is 0 Å². The summed E-state index contributed by atoms with van der Waals surface area (Å²) in [6, 6.07) is 10.1. The van der Waals surface area contributed by atoms with E-state index < -0.39 is 0 Å². The zero-order valence-corrected chi connectivity index (χ0v) is 17.6. The quantitative estimate of drug-likeness (QED) is 0.798. The van der Waals surface area contributed by atoms with Gasteiger partial charge in [0.25, 0.3) is 5.91 Å². The molecule has 0 N–H and O–H groups in total. The van der Waals surface area contributed by atoms with E-state index >= 15 is 0 Å². The Morgan fingerprint density at radius 3 is 2.03 bits per heavy atom. The highest BCUT2D eigenvalue weighted by Crippen LogP contribution is 2.23. The molecule has 0 bridgehead atoms. The lowest BCUT2D eigenvalue weighted by molar-refractivity contribution is 0.0746. The second kappa shape index (κ2) is 8.80. The molecule has 0 saturated carbocycles. The normalized spacial score (nSPS) is 17.5. The molecule has 0 atom stereocenters. The van der Waals surface area contributed by atoms with Crippen molar-refractivity contribution in [2.24, 2.45) is 0 Å². The molecule has 0 aliphatic carbocycles. The van der Waals surface area contributed by atoms with Crippen LogP contribution < -0.4 is 9.80 Å². The lowest BCUT2D eigenvalue weighted by Gasteiger charge is -2.36. The third kappa shape index (κ3) is 4.52. The van der Waals surface area contributed by atoms with Crippen LogP contribution in [-0.4, -0.2) is 60.0 Å². The molecular weight excluding hydrogens is 362 g/mol. The second-order valence-corrected chi connectivity index (χ2v) is 8.01. The van der Waals surface area contributed by atoms with Gasteiger partial charge >= 0.3 is 0 Å². The first-order valence-electron chi connectivity index (χ1n) is 10.9. The minimum absolute atomic E-state index is 0.125. The van der Waals surface area contributed by atoms with Crippen molar-refractivity contribution in [2.75, 3.05) is 49.1 Å². The van der Waals surface area contributed by atoms with Crippen LogP contribution >= 0.6 is 0 Å². The Labute approximate surface area is 173 Å². The van der Waals surface area contributed by atoms with Gasteiger partial charge in [0, 0.05) is 50.9 Å². The topological polar surface area (TPSA) is 52.6 Å². The average Bonchev–Trinajstić information content (AvgIpc) is 2.79. The van der Waals surface area contributed by atoms with Crippen molar-refractivity contribution in [1.82, 2.24) is 14.9 Å². The Morgan fingerprint density at radius 1 is 0.862 bits per heavy atom. The fourth-order valence-electron chi connectivity index (χ4n) is 4.19. The first-order chi connectivity index (χ1) is 14.1. The summed E-state index contributed by atoms with van der Waals surface area (Å²) in [5.74, 6) is 2.97. The molecule has 6 heteroatoms. The van der Waals surface area contributed by atoms with E-state index in [2.05, 4.69) is 44.9 Å². The first kappa shape index (κ1) is 19.7. The fraction of sp³-hybridized carbons (Fsp3) is 0.522. The zero-order valence-electron chi connectivity index (χ0n) is 17.6. The van der Waals surface area contributed by atoms with Crippen LogP contribution in [0.3, 0.4) is 0 Å². The number of benzene rings is 1. The van der Waals surface area contributed by atoms with Gasteiger partial charge in [-0.1, -0.05) is 19.1 Å². The molecule has 2 saturated heterocycles. The van der Waals surface area contributed by atoms with Crippen molar-refractivity contribution in [1.29, 1.82) is 0 Å². The fourth-order valence-corrected chi connectivity index (χ4v) is 4.19. The SMILES string of the molecule is CCc1ccc(C(=O)N2CCN(c3cc(N4CCCCC4)nc(C)n3)CC2)cc1. The average molecular weight is 394 g/mol. The largest absolute Gasteiger partial charge is 0.356 e. The van der Waals surface area contributed by atoms with Gasteiger partial charge in [0.2, 0.25) is 0 Å². The number of amides is 1. The molecule has 3 heterocycles. The molecule has 0 unspecified atom stereocenters. The summed E-state index contributed by atoms with van der Waals surface area (Å²) in [5.41, 5.74) is 2.04. The number of aromatic nitrogens is 2. The van der Waals surface area contributed by atoms with Gasteiger partial charge in [-0.15, -0.1) is 0 Å². The summed E-state index contributed by atoms with van der Waals surface area (Å²) >= 11 is 0. The lowest BCUT2D eigenvalue weighted by atomic mass is 10.1. The van der Waals surface area contributed by atoms with Gasteiger partial charge in [0.1, 0.15) is 17.5 Å². The second-order valence-electron chi connectivity index (χ2n) is 8.01. The molecule has 1 aromatic heterocycles. The van der Waals surface area contributed by atoms with Crippen molar-refractivity contribution in [3.05, 3.63) is 47.3 Å². The van der Waals surface area contributed by atoms with Crippen molar-refractivity contribution in [3.8, 4) is 0 Å². The Kier molecular flexibility index (Phi) is 5.97. The van der Waals surface area contributed by atoms with Crippen LogP contribution in [0.1, 0.15) is 47.9 Å². The van der Waals surface area contributed by atoms with E-state index in [-0.39, 0.29) is 5.91 Å². The third-order valence-corrected chi connectivity index (χ3v) is 5.99. The number of hydrogen-bond acceptors (Lipinski definition) is 5. The number of rotatable bonds is 4. The molecule has 2 aliphatic rings. The number of anilines is 2. The number of piperidine rings is 1. The highest BCUT2D eigenvalue weighted by Gasteiger charge is 2.24. The molecule has 154 valence electrons. The molecule has 2 aliphatic heterocycles. The smallest absolute Gasteiger partial charge is 0.253 e. The van der Waals surface area contributed by atoms with Crippen LogP contribution in [0.2, 0.25) is 0 Å². The van der Waals surface area contributed by atoms with E-state index in [4.69, 9.17) is 0 Å². The number of hydrogen-bond donors (Lipinski definition) is 0. The highest BCUT2D eigenvalue weighted by atomic mass is 16.2. The van der Waals surface area contributed by atoms with E-state index in [9.17, 15) is 4.79 Å². The maximum Gasteiger partial charge on any atom is 0.253 e. The Morgan fingerprint density at radius 2 is 1.45 bits per heavy atom. The van der Waals surface area contributed by atoms with Gasteiger partial charge in [-0.3, -0.25) is 4.79 Å². The highest BCUT2D eigenvalue weighted by molar-refractivity contribution is 5.94. The molecule has 2 fully saturated rings. The van der Waals surface area contributed by atoms with Crippen LogP contribution in [0.5, 0.6) is 0 Å². The molecule has 29 heavy (non-hydrogen) atoms. The maximum atomic E-state index is 12.8. The third-order valence-electron chi connectivity index (χ3n) is 5.99. The maximum absolute atomic E-state index is 12.8. The predicted molar refractivity (Wildman–Crippen MR) is 117 cm³/mol. The minimum Gasteiger partial charge on any atom is -0.356 e. The number of carbonyl (C=O) groups is 1. The predicted octanol–water partition coefficient (Wildman–Crippen LogP) is 3.30. The van der Waals surface area contributed by atoms with E-state index in [1.54, 1.807) is 0 Å².